The highest BCUT2D eigenvalue weighted by Crippen LogP contribution is 2.28. The Balaban J connectivity index is 1.47. The van der Waals surface area contributed by atoms with Crippen molar-refractivity contribution in [1.29, 1.82) is 0 Å². The van der Waals surface area contributed by atoms with Crippen LogP contribution >= 0.6 is 0 Å². The summed E-state index contributed by atoms with van der Waals surface area (Å²) in [5.41, 5.74) is 4.00. The second-order valence-corrected chi connectivity index (χ2v) is 5.38. The molecule has 1 aromatic heterocycles. The normalized spacial score (nSPS) is 19.5. The number of aromatic nitrogens is 2. The number of carbonyl (C=O) groups excluding carboxylic acids is 1. The van der Waals surface area contributed by atoms with E-state index in [4.69, 9.17) is 4.74 Å². The Morgan fingerprint density at radius 2 is 2.38 bits per heavy atom. The van der Waals surface area contributed by atoms with E-state index in [-0.39, 0.29) is 11.9 Å². The molecule has 1 unspecified atom stereocenters. The van der Waals surface area contributed by atoms with Crippen molar-refractivity contribution in [2.75, 3.05) is 11.9 Å². The standard InChI is InChI=1S/C15H16N4O2/c20-15(12-6-11-13(7-16-12)18-8-17-11)19-10-1-2-14-9(5-10)3-4-21-14/h1-2,5,8,12,16H,3-4,6-7H2,(H,17,18)(H,19,20). The van der Waals surface area contributed by atoms with Crippen LogP contribution in [0.3, 0.4) is 0 Å². The molecule has 1 atom stereocenters. The molecule has 108 valence electrons. The maximum absolute atomic E-state index is 12.4. The van der Waals surface area contributed by atoms with Crippen molar-refractivity contribution in [2.45, 2.75) is 25.4 Å². The number of amides is 1. The number of fused-ring (bicyclic) bond motifs is 2. The number of aromatic amines is 1. The van der Waals surface area contributed by atoms with Crippen LogP contribution < -0.4 is 15.4 Å². The third kappa shape index (κ3) is 2.27. The molecule has 3 N–H and O–H groups in total. The lowest BCUT2D eigenvalue weighted by Gasteiger charge is -2.22. The molecule has 0 saturated heterocycles. The topological polar surface area (TPSA) is 79.0 Å². The third-order valence-corrected chi connectivity index (χ3v) is 4.00. The van der Waals surface area contributed by atoms with Crippen LogP contribution in [0.2, 0.25) is 0 Å². The molecule has 0 radical (unpaired) electrons. The molecular weight excluding hydrogens is 268 g/mol. The average molecular weight is 284 g/mol. The quantitative estimate of drug-likeness (QED) is 0.768. The highest BCUT2D eigenvalue weighted by atomic mass is 16.5. The van der Waals surface area contributed by atoms with Gasteiger partial charge < -0.3 is 15.0 Å². The molecule has 0 fully saturated rings. The number of H-pyrrole nitrogens is 1. The second-order valence-electron chi connectivity index (χ2n) is 5.38. The van der Waals surface area contributed by atoms with Crippen molar-refractivity contribution >= 4 is 11.6 Å². The lowest BCUT2D eigenvalue weighted by Crippen LogP contribution is -2.44. The number of hydrogen-bond donors (Lipinski definition) is 3. The van der Waals surface area contributed by atoms with E-state index >= 15 is 0 Å². The molecule has 0 saturated carbocycles. The van der Waals surface area contributed by atoms with Gasteiger partial charge in [0.25, 0.3) is 0 Å². The van der Waals surface area contributed by atoms with Gasteiger partial charge in [-0.3, -0.25) is 10.1 Å². The Labute approximate surface area is 121 Å². The van der Waals surface area contributed by atoms with Crippen LogP contribution in [-0.4, -0.2) is 28.5 Å². The number of ether oxygens (including phenoxy) is 1. The molecular formula is C15H16N4O2. The van der Waals surface area contributed by atoms with Gasteiger partial charge in [-0.25, -0.2) is 4.98 Å². The fourth-order valence-electron chi connectivity index (χ4n) is 2.85. The SMILES string of the molecule is O=C(Nc1ccc2c(c1)CCO2)C1Cc2nc[nH]c2CN1. The summed E-state index contributed by atoms with van der Waals surface area (Å²) < 4.78 is 5.47. The summed E-state index contributed by atoms with van der Waals surface area (Å²) in [5.74, 6) is 0.896. The van der Waals surface area contributed by atoms with Gasteiger partial charge in [0.1, 0.15) is 5.75 Å². The number of hydrogen-bond acceptors (Lipinski definition) is 4. The van der Waals surface area contributed by atoms with Gasteiger partial charge in [0.05, 0.1) is 30.4 Å². The first kappa shape index (κ1) is 12.4. The number of imidazole rings is 1. The Morgan fingerprint density at radius 3 is 3.33 bits per heavy atom. The zero-order valence-corrected chi connectivity index (χ0v) is 11.5. The third-order valence-electron chi connectivity index (χ3n) is 4.00. The molecule has 1 aromatic carbocycles. The van der Waals surface area contributed by atoms with Crippen molar-refractivity contribution in [3.8, 4) is 5.75 Å². The van der Waals surface area contributed by atoms with Gasteiger partial charge >= 0.3 is 0 Å². The van der Waals surface area contributed by atoms with E-state index < -0.39 is 0 Å². The van der Waals surface area contributed by atoms with E-state index in [1.165, 1.54) is 0 Å². The largest absolute Gasteiger partial charge is 0.493 e. The molecule has 3 heterocycles. The van der Waals surface area contributed by atoms with E-state index in [1.54, 1.807) is 6.33 Å². The van der Waals surface area contributed by atoms with Crippen LogP contribution in [0, 0.1) is 0 Å². The van der Waals surface area contributed by atoms with Gasteiger partial charge in [-0.1, -0.05) is 0 Å². The highest BCUT2D eigenvalue weighted by Gasteiger charge is 2.26. The lowest BCUT2D eigenvalue weighted by molar-refractivity contribution is -0.118. The Hall–Kier alpha value is -2.34. The summed E-state index contributed by atoms with van der Waals surface area (Å²) in [6.07, 6.45) is 3.18. The smallest absolute Gasteiger partial charge is 0.241 e. The second kappa shape index (κ2) is 4.89. The van der Waals surface area contributed by atoms with E-state index in [9.17, 15) is 4.79 Å². The molecule has 4 rings (SSSR count). The summed E-state index contributed by atoms with van der Waals surface area (Å²) >= 11 is 0. The minimum atomic E-state index is -0.245. The van der Waals surface area contributed by atoms with Gasteiger partial charge in [-0.15, -0.1) is 0 Å². The van der Waals surface area contributed by atoms with Gasteiger partial charge in [0, 0.05) is 25.1 Å². The highest BCUT2D eigenvalue weighted by molar-refractivity contribution is 5.95. The fraction of sp³-hybridized carbons (Fsp3) is 0.333. The molecule has 6 heteroatoms. The van der Waals surface area contributed by atoms with E-state index in [1.807, 2.05) is 18.2 Å². The van der Waals surface area contributed by atoms with Crippen LogP contribution in [0.25, 0.3) is 0 Å². The first-order valence-corrected chi connectivity index (χ1v) is 7.11. The molecule has 2 aromatic rings. The molecule has 6 nitrogen and oxygen atoms in total. The van der Waals surface area contributed by atoms with Gasteiger partial charge in [-0.05, 0) is 23.8 Å². The summed E-state index contributed by atoms with van der Waals surface area (Å²) in [4.78, 5) is 19.7. The average Bonchev–Trinajstić information content (AvgIpc) is 3.14. The minimum Gasteiger partial charge on any atom is -0.493 e. The van der Waals surface area contributed by atoms with Crippen molar-refractivity contribution in [3.05, 3.63) is 41.5 Å². The van der Waals surface area contributed by atoms with Crippen LogP contribution in [0.5, 0.6) is 5.75 Å². The van der Waals surface area contributed by atoms with E-state index in [0.29, 0.717) is 13.0 Å². The van der Waals surface area contributed by atoms with Crippen LogP contribution in [-0.2, 0) is 24.2 Å². The van der Waals surface area contributed by atoms with Crippen LogP contribution in [0.1, 0.15) is 17.0 Å². The molecule has 0 bridgehead atoms. The predicted molar refractivity (Wildman–Crippen MR) is 77.2 cm³/mol. The molecule has 21 heavy (non-hydrogen) atoms. The van der Waals surface area contributed by atoms with Gasteiger partial charge in [0.15, 0.2) is 0 Å². The number of benzene rings is 1. The number of nitrogens with zero attached hydrogens (tertiary/aromatic N) is 1. The van der Waals surface area contributed by atoms with Crippen molar-refractivity contribution in [3.63, 3.8) is 0 Å². The Bertz CT molecular complexity index is 695. The monoisotopic (exact) mass is 284 g/mol. The Morgan fingerprint density at radius 1 is 1.43 bits per heavy atom. The first-order chi connectivity index (χ1) is 10.3. The summed E-state index contributed by atoms with van der Waals surface area (Å²) in [6, 6.07) is 5.54. The molecule has 0 spiro atoms. The lowest BCUT2D eigenvalue weighted by atomic mass is 10.0. The molecule has 0 aliphatic carbocycles. The maximum atomic E-state index is 12.4. The molecule has 2 aliphatic heterocycles. The number of rotatable bonds is 2. The Kier molecular flexibility index (Phi) is 2.89. The first-order valence-electron chi connectivity index (χ1n) is 7.11. The molecule has 1 amide bonds. The molecule has 2 aliphatic rings. The van der Waals surface area contributed by atoms with Gasteiger partial charge in [0.2, 0.25) is 5.91 Å². The van der Waals surface area contributed by atoms with Gasteiger partial charge in [-0.2, -0.15) is 0 Å². The van der Waals surface area contributed by atoms with Crippen LogP contribution in [0.15, 0.2) is 24.5 Å². The van der Waals surface area contributed by atoms with Crippen molar-refractivity contribution in [1.82, 2.24) is 15.3 Å². The van der Waals surface area contributed by atoms with Crippen LogP contribution in [0.4, 0.5) is 5.69 Å². The minimum absolute atomic E-state index is 0.0254. The number of nitrogens with one attached hydrogen (secondary N) is 3. The predicted octanol–water partition coefficient (Wildman–Crippen LogP) is 0.998. The zero-order valence-electron chi connectivity index (χ0n) is 11.5. The summed E-state index contributed by atoms with van der Waals surface area (Å²) in [7, 11) is 0. The zero-order chi connectivity index (χ0) is 14.2. The van der Waals surface area contributed by atoms with E-state index in [0.717, 1.165) is 41.4 Å². The van der Waals surface area contributed by atoms with Crippen molar-refractivity contribution < 1.29 is 9.53 Å². The number of carbonyl (C=O) groups is 1. The summed E-state index contributed by atoms with van der Waals surface area (Å²) in [6.45, 7) is 1.37. The number of anilines is 1. The summed E-state index contributed by atoms with van der Waals surface area (Å²) in [5, 5.41) is 6.20. The van der Waals surface area contributed by atoms with E-state index in [2.05, 4.69) is 20.6 Å². The van der Waals surface area contributed by atoms with Crippen molar-refractivity contribution in [2.24, 2.45) is 0 Å². The maximum Gasteiger partial charge on any atom is 0.241 e. The fourth-order valence-corrected chi connectivity index (χ4v) is 2.85.